The average Bonchev–Trinajstić information content (AvgIpc) is 3.27. The second-order valence-corrected chi connectivity index (χ2v) is 11.5. The van der Waals surface area contributed by atoms with Gasteiger partial charge in [0.25, 0.3) is 0 Å². The van der Waals surface area contributed by atoms with Crippen molar-refractivity contribution in [2.24, 2.45) is 11.8 Å². The lowest BCUT2D eigenvalue weighted by Gasteiger charge is -2.09. The molecule has 0 bridgehead atoms. The fourth-order valence-electron chi connectivity index (χ4n) is 3.88. The Morgan fingerprint density at radius 2 is 1.86 bits per heavy atom. The first-order chi connectivity index (χ1) is 13.4. The van der Waals surface area contributed by atoms with Crippen molar-refractivity contribution in [3.05, 3.63) is 41.4 Å². The van der Waals surface area contributed by atoms with Crippen molar-refractivity contribution in [1.82, 2.24) is 15.0 Å². The van der Waals surface area contributed by atoms with E-state index in [0.29, 0.717) is 16.7 Å². The molecule has 0 N–H and O–H groups in total. The molecule has 8 heteroatoms. The van der Waals surface area contributed by atoms with Crippen LogP contribution in [0.5, 0.6) is 0 Å². The maximum atomic E-state index is 11.8. The summed E-state index contributed by atoms with van der Waals surface area (Å²) in [6.45, 7) is 0. The van der Waals surface area contributed by atoms with Gasteiger partial charge in [-0.1, -0.05) is 0 Å². The zero-order valence-corrected chi connectivity index (χ0v) is 18.4. The number of benzene rings is 1. The Balaban J connectivity index is 1.39. The summed E-state index contributed by atoms with van der Waals surface area (Å²) in [7, 11) is -3.18. The molecule has 1 aliphatic rings. The lowest BCUT2D eigenvalue weighted by atomic mass is 9.99. The first kappa shape index (κ1) is 19.8. The highest BCUT2D eigenvalue weighted by molar-refractivity contribution is 7.98. The van der Waals surface area contributed by atoms with Gasteiger partial charge in [0.05, 0.1) is 20.1 Å². The summed E-state index contributed by atoms with van der Waals surface area (Å²) in [6.07, 6.45) is 12.6. The molecule has 1 fully saturated rings. The highest BCUT2D eigenvalue weighted by Crippen LogP contribution is 2.36. The lowest BCUT2D eigenvalue weighted by Crippen LogP contribution is -2.05. The fraction of sp³-hybridized carbons (Fsp3) is 0.450. The van der Waals surface area contributed by atoms with Crippen LogP contribution in [-0.2, 0) is 22.7 Å². The Labute approximate surface area is 173 Å². The van der Waals surface area contributed by atoms with E-state index in [9.17, 15) is 8.42 Å². The zero-order chi connectivity index (χ0) is 19.7. The van der Waals surface area contributed by atoms with Crippen molar-refractivity contribution in [3.8, 4) is 0 Å². The Kier molecular flexibility index (Phi) is 5.71. The Bertz CT molecular complexity index is 1080. The molecule has 5 nitrogen and oxygen atoms in total. The molecule has 4 rings (SSSR count). The first-order valence-electron chi connectivity index (χ1n) is 9.35. The normalized spacial score (nSPS) is 20.1. The van der Waals surface area contributed by atoms with Crippen molar-refractivity contribution in [1.29, 1.82) is 0 Å². The summed E-state index contributed by atoms with van der Waals surface area (Å²) in [5.74, 6) is 2.21. The van der Waals surface area contributed by atoms with E-state index < -0.39 is 9.84 Å². The molecule has 1 aliphatic carbocycles. The first-order valence-corrected chi connectivity index (χ1v) is 13.3. The van der Waals surface area contributed by atoms with Gasteiger partial charge < -0.3 is 0 Å². The summed E-state index contributed by atoms with van der Waals surface area (Å²) < 4.78 is 24.5. The monoisotopic (exact) mass is 433 g/mol. The van der Waals surface area contributed by atoms with Crippen LogP contribution in [0, 0.1) is 11.8 Å². The third kappa shape index (κ3) is 4.55. The molecule has 148 valence electrons. The molecule has 28 heavy (non-hydrogen) atoms. The van der Waals surface area contributed by atoms with Crippen LogP contribution >= 0.6 is 23.1 Å². The van der Waals surface area contributed by atoms with Gasteiger partial charge in [-0.3, -0.25) is 0 Å². The Morgan fingerprint density at radius 3 is 2.54 bits per heavy atom. The highest BCUT2D eigenvalue weighted by atomic mass is 32.2. The van der Waals surface area contributed by atoms with E-state index in [1.807, 2.05) is 24.7 Å². The van der Waals surface area contributed by atoms with Crippen LogP contribution < -0.4 is 0 Å². The minimum absolute atomic E-state index is 0.364. The third-order valence-corrected chi connectivity index (χ3v) is 8.17. The summed E-state index contributed by atoms with van der Waals surface area (Å²) >= 11 is 3.28. The minimum atomic E-state index is -3.18. The van der Waals surface area contributed by atoms with Crippen molar-refractivity contribution < 1.29 is 8.42 Å². The molecule has 1 saturated carbocycles. The van der Waals surface area contributed by atoms with E-state index in [0.717, 1.165) is 38.8 Å². The van der Waals surface area contributed by atoms with Crippen LogP contribution in [0.1, 0.15) is 30.1 Å². The molecule has 2 heterocycles. The van der Waals surface area contributed by atoms with Gasteiger partial charge in [0.2, 0.25) is 0 Å². The summed E-state index contributed by atoms with van der Waals surface area (Å²) in [5.41, 5.74) is 0.893. The predicted octanol–water partition coefficient (Wildman–Crippen LogP) is 4.41. The van der Waals surface area contributed by atoms with Gasteiger partial charge >= 0.3 is 0 Å². The molecular weight excluding hydrogens is 410 g/mol. The standard InChI is InChI=1S/C20H23N3O2S3/c1-26-15-11-21-19(22-12-15)8-13-3-4-14(7-13)9-20-23-17-6-5-16(28(2,24)25)10-18(17)27-20/h5-6,10-14H,3-4,7-9H2,1-2H3/t13-,14-/m0/s1. The number of fused-ring (bicyclic) bond motifs is 1. The Hall–Kier alpha value is -1.51. The van der Waals surface area contributed by atoms with Crippen LogP contribution in [0.2, 0.25) is 0 Å². The summed E-state index contributed by atoms with van der Waals surface area (Å²) in [4.78, 5) is 15.2. The van der Waals surface area contributed by atoms with Gasteiger partial charge in [-0.05, 0) is 55.6 Å². The zero-order valence-electron chi connectivity index (χ0n) is 16.0. The third-order valence-electron chi connectivity index (χ3n) is 5.33. The molecule has 0 spiro atoms. The molecule has 2 aromatic heterocycles. The topological polar surface area (TPSA) is 72.8 Å². The number of hydrogen-bond donors (Lipinski definition) is 0. The Morgan fingerprint density at radius 1 is 1.14 bits per heavy atom. The lowest BCUT2D eigenvalue weighted by molar-refractivity contribution is 0.479. The number of aromatic nitrogens is 3. The van der Waals surface area contributed by atoms with Crippen LogP contribution in [0.4, 0.5) is 0 Å². The van der Waals surface area contributed by atoms with E-state index in [2.05, 4.69) is 9.97 Å². The van der Waals surface area contributed by atoms with E-state index in [4.69, 9.17) is 4.98 Å². The quantitative estimate of drug-likeness (QED) is 0.536. The van der Waals surface area contributed by atoms with Crippen molar-refractivity contribution in [2.75, 3.05) is 12.5 Å². The second kappa shape index (κ2) is 8.08. The molecule has 0 unspecified atom stereocenters. The number of hydrogen-bond acceptors (Lipinski definition) is 7. The minimum Gasteiger partial charge on any atom is -0.241 e. The SMILES string of the molecule is CSc1cnc(C[C@H]2CC[C@H](Cc3nc4ccc(S(C)(=O)=O)cc4s3)C2)nc1. The molecule has 0 radical (unpaired) electrons. The van der Waals surface area contributed by atoms with Gasteiger partial charge in [-0.25, -0.2) is 23.4 Å². The average molecular weight is 434 g/mol. The van der Waals surface area contributed by atoms with E-state index in [-0.39, 0.29) is 0 Å². The summed E-state index contributed by atoms with van der Waals surface area (Å²) in [5, 5.41) is 1.10. The van der Waals surface area contributed by atoms with E-state index in [1.54, 1.807) is 35.2 Å². The molecule has 3 aromatic rings. The number of nitrogens with zero attached hydrogens (tertiary/aromatic N) is 3. The highest BCUT2D eigenvalue weighted by Gasteiger charge is 2.26. The number of sulfone groups is 1. The van der Waals surface area contributed by atoms with Crippen molar-refractivity contribution >= 4 is 43.2 Å². The maximum absolute atomic E-state index is 11.8. The van der Waals surface area contributed by atoms with Crippen LogP contribution in [0.3, 0.4) is 0 Å². The largest absolute Gasteiger partial charge is 0.241 e. The van der Waals surface area contributed by atoms with Gasteiger partial charge in [0.1, 0.15) is 5.82 Å². The van der Waals surface area contributed by atoms with Gasteiger partial charge in [-0.2, -0.15) is 0 Å². The van der Waals surface area contributed by atoms with E-state index in [1.165, 1.54) is 25.5 Å². The summed E-state index contributed by atoms with van der Waals surface area (Å²) in [6, 6.07) is 5.21. The van der Waals surface area contributed by atoms with Crippen molar-refractivity contribution in [3.63, 3.8) is 0 Å². The van der Waals surface area contributed by atoms with Gasteiger partial charge in [0, 0.05) is 36.4 Å². The van der Waals surface area contributed by atoms with Gasteiger partial charge in [-0.15, -0.1) is 23.1 Å². The van der Waals surface area contributed by atoms with Crippen LogP contribution in [0.25, 0.3) is 10.2 Å². The van der Waals surface area contributed by atoms with Crippen LogP contribution in [0.15, 0.2) is 40.4 Å². The fourth-order valence-corrected chi connectivity index (χ4v) is 6.04. The van der Waals surface area contributed by atoms with E-state index >= 15 is 0 Å². The number of thiazole rings is 1. The smallest absolute Gasteiger partial charge is 0.175 e. The molecular formula is C20H23N3O2S3. The molecule has 0 aliphatic heterocycles. The van der Waals surface area contributed by atoms with Crippen LogP contribution in [-0.4, -0.2) is 35.9 Å². The predicted molar refractivity (Wildman–Crippen MR) is 115 cm³/mol. The van der Waals surface area contributed by atoms with Gasteiger partial charge in [0.15, 0.2) is 9.84 Å². The second-order valence-electron chi connectivity index (χ2n) is 7.50. The molecule has 2 atom stereocenters. The molecule has 0 saturated heterocycles. The molecule has 1 aromatic carbocycles. The maximum Gasteiger partial charge on any atom is 0.175 e. The number of thioether (sulfide) groups is 1. The van der Waals surface area contributed by atoms with Crippen molar-refractivity contribution in [2.45, 2.75) is 41.9 Å². The molecule has 0 amide bonds. The number of rotatable bonds is 6.